The zero-order valence-electron chi connectivity index (χ0n) is 10.5. The molecule has 0 aliphatic rings. The van der Waals surface area contributed by atoms with Gasteiger partial charge in [0.2, 0.25) is 0 Å². The van der Waals surface area contributed by atoms with Crippen molar-refractivity contribution in [1.82, 2.24) is 9.97 Å². The fourth-order valence-electron chi connectivity index (χ4n) is 1.88. The second kappa shape index (κ2) is 5.43. The molecule has 0 atom stereocenters. The van der Waals surface area contributed by atoms with Gasteiger partial charge in [-0.05, 0) is 29.8 Å². The van der Waals surface area contributed by atoms with Gasteiger partial charge in [-0.3, -0.25) is 0 Å². The fraction of sp³-hybridized carbons (Fsp3) is 0. The number of hydrogen-bond donors (Lipinski definition) is 1. The van der Waals surface area contributed by atoms with Crippen LogP contribution in [0.15, 0.2) is 65.4 Å². The highest BCUT2D eigenvalue weighted by Gasteiger charge is 2.03. The largest absolute Gasteiger partial charge is 0.508 e. The van der Waals surface area contributed by atoms with Crippen LogP contribution in [-0.2, 0) is 0 Å². The van der Waals surface area contributed by atoms with Gasteiger partial charge in [-0.2, -0.15) is 0 Å². The van der Waals surface area contributed by atoms with Gasteiger partial charge in [-0.25, -0.2) is 9.97 Å². The summed E-state index contributed by atoms with van der Waals surface area (Å²) in [7, 11) is 0. The number of rotatable bonds is 2. The van der Waals surface area contributed by atoms with Crippen molar-refractivity contribution in [2.45, 2.75) is 0 Å². The van der Waals surface area contributed by atoms with E-state index in [4.69, 9.17) is 0 Å². The molecule has 0 fully saturated rings. The molecule has 20 heavy (non-hydrogen) atoms. The predicted octanol–water partition coefficient (Wildman–Crippen LogP) is 4.28. The highest BCUT2D eigenvalue weighted by atomic mass is 79.9. The first-order valence-corrected chi connectivity index (χ1v) is 6.89. The fourth-order valence-corrected chi connectivity index (χ4v) is 2.14. The Hall–Kier alpha value is -2.20. The highest BCUT2D eigenvalue weighted by molar-refractivity contribution is 9.10. The maximum Gasteiger partial charge on any atom is 0.159 e. The van der Waals surface area contributed by atoms with E-state index in [0.717, 1.165) is 21.2 Å². The van der Waals surface area contributed by atoms with Crippen molar-refractivity contribution < 1.29 is 5.11 Å². The van der Waals surface area contributed by atoms with Gasteiger partial charge < -0.3 is 5.11 Å². The first kappa shape index (κ1) is 12.8. The average molecular weight is 327 g/mol. The molecule has 1 N–H and O–H groups in total. The molecule has 2 aromatic carbocycles. The molecule has 3 nitrogen and oxygen atoms in total. The van der Waals surface area contributed by atoms with Gasteiger partial charge in [0, 0.05) is 28.0 Å². The Morgan fingerprint density at radius 1 is 0.700 bits per heavy atom. The summed E-state index contributed by atoms with van der Waals surface area (Å²) in [6.07, 6.45) is 3.58. The van der Waals surface area contributed by atoms with Crippen molar-refractivity contribution in [3.63, 3.8) is 0 Å². The standard InChI is InChI=1S/C16H11BrN2O/c17-14-5-1-12(2-6-14)16-18-9-13(10-19-16)11-3-7-15(20)8-4-11/h1-10,20H. The Balaban J connectivity index is 1.91. The number of nitrogens with zero attached hydrogens (tertiary/aromatic N) is 2. The summed E-state index contributed by atoms with van der Waals surface area (Å²) < 4.78 is 1.03. The minimum atomic E-state index is 0.251. The highest BCUT2D eigenvalue weighted by Crippen LogP contribution is 2.23. The van der Waals surface area contributed by atoms with Crippen LogP contribution in [0.1, 0.15) is 0 Å². The van der Waals surface area contributed by atoms with Gasteiger partial charge in [0.05, 0.1) is 0 Å². The van der Waals surface area contributed by atoms with Crippen LogP contribution < -0.4 is 0 Å². The third-order valence-corrected chi connectivity index (χ3v) is 3.48. The van der Waals surface area contributed by atoms with Crippen LogP contribution >= 0.6 is 15.9 Å². The lowest BCUT2D eigenvalue weighted by Gasteiger charge is -2.03. The predicted molar refractivity (Wildman–Crippen MR) is 82.3 cm³/mol. The number of hydrogen-bond acceptors (Lipinski definition) is 3. The summed E-state index contributed by atoms with van der Waals surface area (Å²) in [5, 5.41) is 9.28. The van der Waals surface area contributed by atoms with Crippen LogP contribution in [0, 0.1) is 0 Å². The second-order valence-corrected chi connectivity index (χ2v) is 5.26. The summed E-state index contributed by atoms with van der Waals surface area (Å²) in [6, 6.07) is 14.9. The Morgan fingerprint density at radius 2 is 1.25 bits per heavy atom. The number of phenols is 1. The molecule has 3 rings (SSSR count). The van der Waals surface area contributed by atoms with Crippen LogP contribution in [0.25, 0.3) is 22.5 Å². The summed E-state index contributed by atoms with van der Waals surface area (Å²) >= 11 is 3.40. The Bertz CT molecular complexity index is 642. The van der Waals surface area contributed by atoms with E-state index in [0.29, 0.717) is 5.82 Å². The van der Waals surface area contributed by atoms with E-state index < -0.39 is 0 Å². The van der Waals surface area contributed by atoms with Gasteiger partial charge in [-0.1, -0.05) is 40.2 Å². The monoisotopic (exact) mass is 326 g/mol. The van der Waals surface area contributed by atoms with E-state index in [9.17, 15) is 5.11 Å². The van der Waals surface area contributed by atoms with E-state index >= 15 is 0 Å². The first-order valence-electron chi connectivity index (χ1n) is 6.10. The van der Waals surface area contributed by atoms with Gasteiger partial charge in [0.1, 0.15) is 5.75 Å². The molecule has 0 spiro atoms. The first-order chi connectivity index (χ1) is 9.72. The Morgan fingerprint density at radius 3 is 1.85 bits per heavy atom. The van der Waals surface area contributed by atoms with Crippen LogP contribution in [0.5, 0.6) is 5.75 Å². The average Bonchev–Trinajstić information content (AvgIpc) is 2.49. The summed E-state index contributed by atoms with van der Waals surface area (Å²) in [4.78, 5) is 8.78. The van der Waals surface area contributed by atoms with Crippen LogP contribution in [0.3, 0.4) is 0 Å². The Kier molecular flexibility index (Phi) is 3.48. The van der Waals surface area contributed by atoms with Crippen molar-refractivity contribution in [2.24, 2.45) is 0 Å². The zero-order chi connectivity index (χ0) is 13.9. The van der Waals surface area contributed by atoms with Crippen molar-refractivity contribution in [3.05, 3.63) is 65.4 Å². The summed E-state index contributed by atoms with van der Waals surface area (Å²) in [5.41, 5.74) is 2.88. The minimum absolute atomic E-state index is 0.251. The van der Waals surface area contributed by atoms with Crippen LogP contribution in [-0.4, -0.2) is 15.1 Å². The van der Waals surface area contributed by atoms with E-state index in [1.807, 2.05) is 36.4 Å². The van der Waals surface area contributed by atoms with Gasteiger partial charge in [0.25, 0.3) is 0 Å². The summed E-state index contributed by atoms with van der Waals surface area (Å²) in [6.45, 7) is 0. The van der Waals surface area contributed by atoms with Gasteiger partial charge in [-0.15, -0.1) is 0 Å². The van der Waals surface area contributed by atoms with E-state index in [1.165, 1.54) is 0 Å². The molecule has 3 aromatic rings. The number of halogens is 1. The van der Waals surface area contributed by atoms with Crippen molar-refractivity contribution >= 4 is 15.9 Å². The SMILES string of the molecule is Oc1ccc(-c2cnc(-c3ccc(Br)cc3)nc2)cc1. The van der Waals surface area contributed by atoms with Crippen LogP contribution in [0.2, 0.25) is 0 Å². The third kappa shape index (κ3) is 2.70. The molecule has 0 unspecified atom stereocenters. The number of phenolic OH excluding ortho intramolecular Hbond substituents is 1. The molecule has 0 aliphatic heterocycles. The lowest BCUT2D eigenvalue weighted by Crippen LogP contribution is -1.89. The minimum Gasteiger partial charge on any atom is -0.508 e. The zero-order valence-corrected chi connectivity index (χ0v) is 12.1. The normalized spacial score (nSPS) is 10.4. The maximum atomic E-state index is 9.28. The molecule has 0 saturated heterocycles. The molecule has 0 saturated carbocycles. The van der Waals surface area contributed by atoms with Gasteiger partial charge >= 0.3 is 0 Å². The second-order valence-electron chi connectivity index (χ2n) is 4.35. The number of aromatic hydroxyl groups is 1. The topological polar surface area (TPSA) is 46.0 Å². The molecule has 0 amide bonds. The smallest absolute Gasteiger partial charge is 0.159 e. The van der Waals surface area contributed by atoms with E-state index in [-0.39, 0.29) is 5.75 Å². The quantitative estimate of drug-likeness (QED) is 0.764. The molecule has 4 heteroatoms. The lowest BCUT2D eigenvalue weighted by atomic mass is 10.1. The lowest BCUT2D eigenvalue weighted by molar-refractivity contribution is 0.475. The maximum absolute atomic E-state index is 9.28. The number of benzene rings is 2. The molecule has 1 heterocycles. The molecular formula is C16H11BrN2O. The summed E-state index contributed by atoms with van der Waals surface area (Å²) in [5.74, 6) is 0.946. The van der Waals surface area contributed by atoms with E-state index in [2.05, 4.69) is 25.9 Å². The molecule has 0 bridgehead atoms. The molecule has 98 valence electrons. The van der Waals surface area contributed by atoms with Crippen molar-refractivity contribution in [3.8, 4) is 28.3 Å². The van der Waals surface area contributed by atoms with Crippen LogP contribution in [0.4, 0.5) is 0 Å². The van der Waals surface area contributed by atoms with Crippen molar-refractivity contribution in [2.75, 3.05) is 0 Å². The molecule has 0 radical (unpaired) electrons. The number of aromatic nitrogens is 2. The molecular weight excluding hydrogens is 316 g/mol. The Labute approximate surface area is 125 Å². The molecule has 0 aliphatic carbocycles. The van der Waals surface area contributed by atoms with Crippen molar-refractivity contribution in [1.29, 1.82) is 0 Å². The third-order valence-electron chi connectivity index (χ3n) is 2.95. The molecule has 1 aromatic heterocycles. The van der Waals surface area contributed by atoms with Gasteiger partial charge in [0.15, 0.2) is 5.82 Å². The van der Waals surface area contributed by atoms with E-state index in [1.54, 1.807) is 24.5 Å².